The normalized spacial score (nSPS) is 10.9. The fraction of sp³-hybridized carbons (Fsp3) is 0.500. The number of hydrogen-bond donors (Lipinski definition) is 2. The Morgan fingerprint density at radius 2 is 2.26 bits per heavy atom. The van der Waals surface area contributed by atoms with E-state index >= 15 is 0 Å². The molecule has 0 amide bonds. The summed E-state index contributed by atoms with van der Waals surface area (Å²) in [5, 5.41) is 1.07. The lowest BCUT2D eigenvalue weighted by Gasteiger charge is -2.22. The van der Waals surface area contributed by atoms with Crippen LogP contribution in [0.3, 0.4) is 0 Å². The number of nitrogen functional groups attached to an aromatic ring is 1. The van der Waals surface area contributed by atoms with Crippen LogP contribution in [-0.4, -0.2) is 36.8 Å². The van der Waals surface area contributed by atoms with E-state index in [1.165, 1.54) is 4.88 Å². The number of nitrogens with zero attached hydrogens (tertiary/aromatic N) is 3. The highest BCUT2D eigenvalue weighted by Crippen LogP contribution is 2.31. The highest BCUT2D eigenvalue weighted by Gasteiger charge is 2.15. The molecule has 2 heterocycles. The Kier molecular flexibility index (Phi) is 4.52. The van der Waals surface area contributed by atoms with E-state index in [4.69, 9.17) is 10.6 Å². The first-order chi connectivity index (χ1) is 9.19. The van der Waals surface area contributed by atoms with Gasteiger partial charge in [0.15, 0.2) is 0 Å². The van der Waals surface area contributed by atoms with Crippen molar-refractivity contribution >= 4 is 33.3 Å². The number of anilines is 2. The van der Waals surface area contributed by atoms with Gasteiger partial charge in [-0.1, -0.05) is 0 Å². The first-order valence-electron chi connectivity index (χ1n) is 6.18. The smallest absolute Gasteiger partial charge is 0.240 e. The lowest BCUT2D eigenvalue weighted by atomic mass is 10.3. The number of aromatic nitrogens is 2. The van der Waals surface area contributed by atoms with Crippen molar-refractivity contribution in [3.05, 3.63) is 10.9 Å². The van der Waals surface area contributed by atoms with Crippen molar-refractivity contribution in [2.24, 2.45) is 5.84 Å². The molecular weight excluding hydrogens is 262 g/mol. The second-order valence-corrected chi connectivity index (χ2v) is 5.40. The first-order valence-corrected chi connectivity index (χ1v) is 7.00. The zero-order valence-electron chi connectivity index (χ0n) is 11.4. The van der Waals surface area contributed by atoms with Crippen molar-refractivity contribution in [1.82, 2.24) is 9.97 Å². The van der Waals surface area contributed by atoms with Crippen molar-refractivity contribution < 1.29 is 4.74 Å². The Labute approximate surface area is 116 Å². The molecular formula is C12H19N5OS. The molecule has 0 saturated carbocycles. The SMILES string of the molecule is CCN(CCOC)c1nc(NN)nc2sc(C)cc12. The quantitative estimate of drug-likeness (QED) is 0.620. The monoisotopic (exact) mass is 281 g/mol. The van der Waals surface area contributed by atoms with Gasteiger partial charge in [-0.2, -0.15) is 4.98 Å². The van der Waals surface area contributed by atoms with Crippen molar-refractivity contribution in [1.29, 1.82) is 0 Å². The fourth-order valence-corrected chi connectivity index (χ4v) is 2.82. The van der Waals surface area contributed by atoms with Crippen LogP contribution in [-0.2, 0) is 4.74 Å². The maximum absolute atomic E-state index is 5.44. The second kappa shape index (κ2) is 6.14. The van der Waals surface area contributed by atoms with Crippen molar-refractivity contribution in [2.45, 2.75) is 13.8 Å². The third-order valence-corrected chi connectivity index (χ3v) is 3.82. The highest BCUT2D eigenvalue weighted by molar-refractivity contribution is 7.18. The molecule has 0 fully saturated rings. The molecule has 6 nitrogen and oxygen atoms in total. The molecule has 104 valence electrons. The Balaban J connectivity index is 2.48. The van der Waals surface area contributed by atoms with Gasteiger partial charge in [-0.3, -0.25) is 5.43 Å². The van der Waals surface area contributed by atoms with Crippen LogP contribution in [0.4, 0.5) is 11.8 Å². The summed E-state index contributed by atoms with van der Waals surface area (Å²) in [6.07, 6.45) is 0. The van der Waals surface area contributed by atoms with Gasteiger partial charge in [-0.15, -0.1) is 11.3 Å². The summed E-state index contributed by atoms with van der Waals surface area (Å²) in [6.45, 7) is 6.47. The number of ether oxygens (including phenoxy) is 1. The van der Waals surface area contributed by atoms with Gasteiger partial charge >= 0.3 is 0 Å². The summed E-state index contributed by atoms with van der Waals surface area (Å²) < 4.78 is 5.15. The predicted octanol–water partition coefficient (Wildman–Crippen LogP) is 1.76. The van der Waals surface area contributed by atoms with Gasteiger partial charge in [0.2, 0.25) is 5.95 Å². The Morgan fingerprint density at radius 3 is 2.89 bits per heavy atom. The molecule has 0 aliphatic carbocycles. The molecule has 0 spiro atoms. The lowest BCUT2D eigenvalue weighted by Crippen LogP contribution is -2.28. The third-order valence-electron chi connectivity index (χ3n) is 2.87. The molecule has 2 aromatic rings. The number of fused-ring (bicyclic) bond motifs is 1. The molecule has 0 radical (unpaired) electrons. The number of nitrogens with one attached hydrogen (secondary N) is 1. The van der Waals surface area contributed by atoms with Crippen LogP contribution >= 0.6 is 11.3 Å². The molecule has 3 N–H and O–H groups in total. The van der Waals surface area contributed by atoms with E-state index in [0.717, 1.165) is 29.1 Å². The van der Waals surface area contributed by atoms with Crippen LogP contribution in [0.5, 0.6) is 0 Å². The van der Waals surface area contributed by atoms with Crippen LogP contribution in [0, 0.1) is 6.92 Å². The van der Waals surface area contributed by atoms with Crippen molar-refractivity contribution in [3.63, 3.8) is 0 Å². The number of likely N-dealkylation sites (N-methyl/N-ethyl adjacent to an activating group) is 1. The van der Waals surface area contributed by atoms with Gasteiger partial charge in [0.05, 0.1) is 12.0 Å². The van der Waals surface area contributed by atoms with E-state index < -0.39 is 0 Å². The minimum absolute atomic E-state index is 0.445. The molecule has 0 saturated heterocycles. The molecule has 0 aliphatic rings. The molecule has 19 heavy (non-hydrogen) atoms. The summed E-state index contributed by atoms with van der Waals surface area (Å²) in [4.78, 5) is 13.2. The Morgan fingerprint density at radius 1 is 1.47 bits per heavy atom. The lowest BCUT2D eigenvalue weighted by molar-refractivity contribution is 0.205. The summed E-state index contributed by atoms with van der Waals surface area (Å²) in [5.74, 6) is 6.79. The van der Waals surface area contributed by atoms with Gasteiger partial charge in [0.25, 0.3) is 0 Å². The summed E-state index contributed by atoms with van der Waals surface area (Å²) in [7, 11) is 1.70. The minimum atomic E-state index is 0.445. The molecule has 2 aromatic heterocycles. The van der Waals surface area contributed by atoms with E-state index in [2.05, 4.69) is 40.2 Å². The average Bonchev–Trinajstić information content (AvgIpc) is 2.79. The van der Waals surface area contributed by atoms with Gasteiger partial charge in [-0.05, 0) is 19.9 Å². The Hall–Kier alpha value is -1.44. The van der Waals surface area contributed by atoms with Crippen LogP contribution in [0.15, 0.2) is 6.07 Å². The minimum Gasteiger partial charge on any atom is -0.383 e. The van der Waals surface area contributed by atoms with E-state index in [1.54, 1.807) is 18.4 Å². The molecule has 0 aromatic carbocycles. The first kappa shape index (κ1) is 14.0. The average molecular weight is 281 g/mol. The van der Waals surface area contributed by atoms with Gasteiger partial charge in [0, 0.05) is 25.1 Å². The predicted molar refractivity (Wildman–Crippen MR) is 79.7 cm³/mol. The van der Waals surface area contributed by atoms with Crippen LogP contribution < -0.4 is 16.2 Å². The number of hydrazine groups is 1. The van der Waals surface area contributed by atoms with Crippen LogP contribution in [0.2, 0.25) is 0 Å². The maximum Gasteiger partial charge on any atom is 0.240 e. The van der Waals surface area contributed by atoms with Crippen LogP contribution in [0.25, 0.3) is 10.2 Å². The van der Waals surface area contributed by atoms with E-state index in [0.29, 0.717) is 12.6 Å². The van der Waals surface area contributed by atoms with E-state index in [9.17, 15) is 0 Å². The second-order valence-electron chi connectivity index (χ2n) is 4.16. The number of nitrogens with two attached hydrogens (primary N) is 1. The zero-order chi connectivity index (χ0) is 13.8. The summed E-state index contributed by atoms with van der Waals surface area (Å²) in [6, 6.07) is 2.12. The number of thiophene rings is 1. The number of methoxy groups -OCH3 is 1. The summed E-state index contributed by atoms with van der Waals surface area (Å²) >= 11 is 1.64. The number of aryl methyl sites for hydroxylation is 1. The zero-order valence-corrected chi connectivity index (χ0v) is 12.3. The fourth-order valence-electron chi connectivity index (χ4n) is 1.95. The molecule has 0 unspecified atom stereocenters. The van der Waals surface area contributed by atoms with Crippen LogP contribution in [0.1, 0.15) is 11.8 Å². The topological polar surface area (TPSA) is 76.3 Å². The largest absolute Gasteiger partial charge is 0.383 e. The summed E-state index contributed by atoms with van der Waals surface area (Å²) in [5.41, 5.74) is 2.53. The third kappa shape index (κ3) is 2.94. The van der Waals surface area contributed by atoms with Crippen molar-refractivity contribution in [3.8, 4) is 0 Å². The van der Waals surface area contributed by atoms with Gasteiger partial charge in [-0.25, -0.2) is 10.8 Å². The standard InChI is InChI=1S/C12H19N5OS/c1-4-17(5-6-18-3)10-9-7-8(2)19-11(9)15-12(14-10)16-13/h7H,4-6,13H2,1-3H3,(H,14,15,16). The molecule has 7 heteroatoms. The van der Waals surface area contributed by atoms with E-state index in [1.807, 2.05) is 0 Å². The van der Waals surface area contributed by atoms with Gasteiger partial charge < -0.3 is 9.64 Å². The molecule has 2 rings (SSSR count). The van der Waals surface area contributed by atoms with Crippen molar-refractivity contribution in [2.75, 3.05) is 37.1 Å². The maximum atomic E-state index is 5.44. The number of rotatable bonds is 6. The Bertz CT molecular complexity index is 556. The highest BCUT2D eigenvalue weighted by atomic mass is 32.1. The molecule has 0 aliphatic heterocycles. The molecule has 0 atom stereocenters. The number of hydrogen-bond acceptors (Lipinski definition) is 7. The van der Waals surface area contributed by atoms with Gasteiger partial charge in [0.1, 0.15) is 10.6 Å². The van der Waals surface area contributed by atoms with E-state index in [-0.39, 0.29) is 0 Å². The molecule has 0 bridgehead atoms.